The van der Waals surface area contributed by atoms with Crippen molar-refractivity contribution in [2.75, 3.05) is 19.4 Å². The van der Waals surface area contributed by atoms with Gasteiger partial charge in [0.15, 0.2) is 0 Å². The molecule has 4 aromatic rings. The van der Waals surface area contributed by atoms with Crippen LogP contribution >= 0.6 is 12.6 Å². The molecule has 0 radical (unpaired) electrons. The van der Waals surface area contributed by atoms with Crippen molar-refractivity contribution in [3.63, 3.8) is 0 Å². The second kappa shape index (κ2) is 21.1. The number of methoxy groups -OCH3 is 1. The molecule has 304 valence electrons. The van der Waals surface area contributed by atoms with Gasteiger partial charge in [-0.3, -0.25) is 29.9 Å². The molecule has 0 aliphatic heterocycles. The van der Waals surface area contributed by atoms with Crippen LogP contribution in [-0.4, -0.2) is 71.9 Å². The van der Waals surface area contributed by atoms with Crippen LogP contribution in [0.3, 0.4) is 0 Å². The summed E-state index contributed by atoms with van der Waals surface area (Å²) < 4.78 is 4.84. The average molecular weight is 815 g/mol. The molecule has 0 spiro atoms. The summed E-state index contributed by atoms with van der Waals surface area (Å²) in [4.78, 5) is 64.8. The van der Waals surface area contributed by atoms with Gasteiger partial charge in [0.25, 0.3) is 5.70 Å². The van der Waals surface area contributed by atoms with Gasteiger partial charge in [0.2, 0.25) is 17.7 Å². The molecule has 5 N–H and O–H groups in total. The number of nitrogens with one attached hydrogen (secondary N) is 5. The first kappa shape index (κ1) is 43.3. The fourth-order valence-electron chi connectivity index (χ4n) is 6.47. The number of hydrogen-bond donors (Lipinski definition) is 6. The lowest BCUT2D eigenvalue weighted by molar-refractivity contribution is -0.420. The topological polar surface area (TPSA) is 193 Å². The van der Waals surface area contributed by atoms with Crippen LogP contribution in [0.2, 0.25) is 0 Å². The molecule has 59 heavy (non-hydrogen) atoms. The van der Waals surface area contributed by atoms with Crippen molar-refractivity contribution < 1.29 is 28.8 Å². The molecule has 14 heteroatoms. The van der Waals surface area contributed by atoms with Crippen LogP contribution in [0, 0.1) is 15.5 Å². The van der Waals surface area contributed by atoms with E-state index >= 15 is 0 Å². The van der Waals surface area contributed by atoms with Gasteiger partial charge >= 0.3 is 5.97 Å². The van der Waals surface area contributed by atoms with Gasteiger partial charge in [-0.25, -0.2) is 4.79 Å². The zero-order chi connectivity index (χ0) is 42.3. The van der Waals surface area contributed by atoms with Gasteiger partial charge in [-0.15, -0.1) is 0 Å². The standard InChI is InChI=1S/C45H46N6O7S/c1-3-35-40(51(56)57)23-22-36(42(35)46)47-25-24-41(52)48-37(26-29-14-18-33(19-15-29)31-10-6-4-7-11-31)43(53)49-38(44(54)50-39(28-59)45(55)58-2)27-30-16-20-34(21-17-30)32-12-8-5-9-13-32/h3-23,37-39,46-47,59H,24-28H2,1-2H3,(H,48,52)(H,49,53)(H,50,54). The van der Waals surface area contributed by atoms with E-state index in [2.05, 4.69) is 33.9 Å². The minimum absolute atomic E-state index is 0.0455. The Morgan fingerprint density at radius 1 is 0.729 bits per heavy atom. The van der Waals surface area contributed by atoms with Gasteiger partial charge in [-0.05, 0) is 46.4 Å². The summed E-state index contributed by atoms with van der Waals surface area (Å²) in [6, 6.07) is 31.3. The predicted molar refractivity (Wildman–Crippen MR) is 230 cm³/mol. The van der Waals surface area contributed by atoms with Gasteiger partial charge in [0, 0.05) is 37.6 Å². The van der Waals surface area contributed by atoms with Crippen LogP contribution in [0.1, 0.15) is 24.5 Å². The Kier molecular flexibility index (Phi) is 15.5. The number of esters is 1. The SMILES string of the molecule is CC=C1C(=N)C(NCCC(=O)NC(Cc2ccc(-c3ccccc3)cc2)C(=O)NC(Cc2ccc(-c3ccccc3)cc2)C(=O)NC(CS)C(=O)OC)=CC=C1[N+](=O)[O-]. The fourth-order valence-corrected chi connectivity index (χ4v) is 6.71. The van der Waals surface area contributed by atoms with E-state index in [1.54, 1.807) is 6.92 Å². The normalized spacial score (nSPS) is 14.5. The molecule has 0 aromatic heterocycles. The van der Waals surface area contributed by atoms with Crippen molar-refractivity contribution in [2.45, 2.75) is 44.3 Å². The van der Waals surface area contributed by atoms with E-state index in [0.717, 1.165) is 33.4 Å². The van der Waals surface area contributed by atoms with Crippen molar-refractivity contribution in [1.29, 1.82) is 5.41 Å². The monoisotopic (exact) mass is 814 g/mol. The number of ether oxygens (including phenoxy) is 1. The number of allylic oxidation sites excluding steroid dienone is 5. The zero-order valence-corrected chi connectivity index (χ0v) is 33.5. The molecule has 13 nitrogen and oxygen atoms in total. The quantitative estimate of drug-likeness (QED) is 0.0334. The number of nitrogens with zero attached hydrogens (tertiary/aromatic N) is 1. The van der Waals surface area contributed by atoms with Crippen LogP contribution in [0.25, 0.3) is 22.3 Å². The second-order valence-electron chi connectivity index (χ2n) is 13.6. The minimum atomic E-state index is -1.17. The van der Waals surface area contributed by atoms with Crippen LogP contribution in [0.15, 0.2) is 144 Å². The van der Waals surface area contributed by atoms with E-state index < -0.39 is 46.7 Å². The van der Waals surface area contributed by atoms with Crippen LogP contribution in [0.5, 0.6) is 0 Å². The summed E-state index contributed by atoms with van der Waals surface area (Å²) in [6.07, 6.45) is 4.22. The van der Waals surface area contributed by atoms with Gasteiger partial charge in [-0.2, -0.15) is 12.6 Å². The third-order valence-electron chi connectivity index (χ3n) is 9.65. The largest absolute Gasteiger partial charge is 0.467 e. The summed E-state index contributed by atoms with van der Waals surface area (Å²) in [5.41, 5.74) is 5.61. The second-order valence-corrected chi connectivity index (χ2v) is 14.0. The van der Waals surface area contributed by atoms with Crippen molar-refractivity contribution in [2.24, 2.45) is 0 Å². The summed E-state index contributed by atoms with van der Waals surface area (Å²) >= 11 is 4.21. The maximum absolute atomic E-state index is 14.2. The lowest BCUT2D eigenvalue weighted by Gasteiger charge is -2.25. The lowest BCUT2D eigenvalue weighted by Crippen LogP contribution is -2.57. The van der Waals surface area contributed by atoms with E-state index in [9.17, 15) is 29.3 Å². The van der Waals surface area contributed by atoms with Crippen molar-refractivity contribution >= 4 is 42.0 Å². The molecule has 0 saturated carbocycles. The number of benzene rings is 4. The Bertz CT molecular complexity index is 2240. The summed E-state index contributed by atoms with van der Waals surface area (Å²) in [7, 11) is 1.20. The van der Waals surface area contributed by atoms with Gasteiger partial charge in [0.05, 0.1) is 29.0 Å². The van der Waals surface area contributed by atoms with E-state index in [-0.39, 0.29) is 48.5 Å². The Morgan fingerprint density at radius 3 is 1.66 bits per heavy atom. The first-order valence-electron chi connectivity index (χ1n) is 18.9. The number of thiol groups is 1. The van der Waals surface area contributed by atoms with Crippen LogP contribution in [-0.2, 0) is 36.8 Å². The lowest BCUT2D eigenvalue weighted by atomic mass is 9.98. The van der Waals surface area contributed by atoms with E-state index in [1.165, 1.54) is 25.3 Å². The average Bonchev–Trinajstić information content (AvgIpc) is 3.26. The number of amides is 3. The number of carbonyl (C=O) groups excluding carboxylic acids is 4. The molecule has 1 aliphatic rings. The minimum Gasteiger partial charge on any atom is -0.467 e. The first-order chi connectivity index (χ1) is 28.5. The van der Waals surface area contributed by atoms with Crippen molar-refractivity contribution in [3.05, 3.63) is 166 Å². The first-order valence-corrected chi connectivity index (χ1v) is 19.6. The summed E-state index contributed by atoms with van der Waals surface area (Å²) in [5, 5.41) is 31.2. The number of carbonyl (C=O) groups is 4. The Morgan fingerprint density at radius 2 is 1.20 bits per heavy atom. The summed E-state index contributed by atoms with van der Waals surface area (Å²) in [5.74, 6) is -2.51. The van der Waals surface area contributed by atoms with E-state index in [1.807, 2.05) is 109 Å². The zero-order valence-electron chi connectivity index (χ0n) is 32.6. The highest BCUT2D eigenvalue weighted by Crippen LogP contribution is 2.23. The predicted octanol–water partition coefficient (Wildman–Crippen LogP) is 5.37. The van der Waals surface area contributed by atoms with Crippen molar-refractivity contribution in [1.82, 2.24) is 21.3 Å². The highest BCUT2D eigenvalue weighted by molar-refractivity contribution is 7.80. The van der Waals surface area contributed by atoms with Crippen LogP contribution < -0.4 is 21.3 Å². The summed E-state index contributed by atoms with van der Waals surface area (Å²) in [6.45, 7) is 1.66. The molecule has 4 aromatic carbocycles. The maximum atomic E-state index is 14.2. The number of rotatable bonds is 18. The molecule has 0 bridgehead atoms. The number of hydrogen-bond acceptors (Lipinski definition) is 10. The third-order valence-corrected chi connectivity index (χ3v) is 10.0. The molecule has 0 heterocycles. The van der Waals surface area contributed by atoms with Crippen LogP contribution in [0.4, 0.5) is 0 Å². The molecule has 3 atom stereocenters. The van der Waals surface area contributed by atoms with E-state index in [4.69, 9.17) is 10.1 Å². The fraction of sp³-hybridized carbons (Fsp3) is 0.222. The maximum Gasteiger partial charge on any atom is 0.329 e. The molecule has 1 aliphatic carbocycles. The molecular weight excluding hydrogens is 769 g/mol. The Labute approximate surface area is 348 Å². The molecule has 3 amide bonds. The Balaban J connectivity index is 1.36. The number of nitro groups is 1. The van der Waals surface area contributed by atoms with Gasteiger partial charge in [-0.1, -0.05) is 115 Å². The van der Waals surface area contributed by atoms with Gasteiger partial charge < -0.3 is 26.0 Å². The molecule has 3 unspecified atom stereocenters. The molecule has 0 fully saturated rings. The van der Waals surface area contributed by atoms with E-state index in [0.29, 0.717) is 5.70 Å². The Hall–Kier alpha value is -6.80. The third kappa shape index (κ3) is 11.9. The van der Waals surface area contributed by atoms with Gasteiger partial charge in [0.1, 0.15) is 18.1 Å². The molecule has 0 saturated heterocycles. The highest BCUT2D eigenvalue weighted by Gasteiger charge is 2.31. The highest BCUT2D eigenvalue weighted by atomic mass is 32.1. The molecule has 5 rings (SSSR count). The molecular formula is C45H46N6O7S. The smallest absolute Gasteiger partial charge is 0.329 e. The van der Waals surface area contributed by atoms with Crippen molar-refractivity contribution in [3.8, 4) is 22.3 Å².